The number of para-hydroxylation sites is 1. The Morgan fingerprint density at radius 2 is 1.58 bits per heavy atom. The number of nitrogen functional groups attached to an aromatic ring is 1. The highest BCUT2D eigenvalue weighted by Crippen LogP contribution is 2.27. The molecule has 0 atom stereocenters. The normalized spacial score (nSPS) is 10.2. The molecule has 0 spiro atoms. The van der Waals surface area contributed by atoms with Crippen LogP contribution in [0.25, 0.3) is 0 Å². The minimum absolute atomic E-state index is 0.490. The predicted octanol–water partition coefficient (Wildman–Crippen LogP) is 4.03. The van der Waals surface area contributed by atoms with Crippen LogP contribution in [0.2, 0.25) is 0 Å². The van der Waals surface area contributed by atoms with Gasteiger partial charge in [-0.25, -0.2) is 9.97 Å². The van der Waals surface area contributed by atoms with E-state index in [-0.39, 0.29) is 0 Å². The quantitative estimate of drug-likeness (QED) is 0.635. The summed E-state index contributed by atoms with van der Waals surface area (Å²) < 4.78 is 5.77. The number of nitrogens with one attached hydrogen (secondary N) is 2. The lowest BCUT2D eigenvalue weighted by Gasteiger charge is -2.12. The van der Waals surface area contributed by atoms with Crippen molar-refractivity contribution in [1.29, 1.82) is 0 Å². The molecule has 0 aliphatic carbocycles. The van der Waals surface area contributed by atoms with E-state index < -0.39 is 0 Å². The molecule has 0 radical (unpaired) electrons. The van der Waals surface area contributed by atoms with Gasteiger partial charge in [-0.2, -0.15) is 0 Å². The summed E-state index contributed by atoms with van der Waals surface area (Å²) in [5.41, 5.74) is 7.43. The van der Waals surface area contributed by atoms with Gasteiger partial charge in [-0.3, -0.25) is 0 Å². The summed E-state index contributed by atoms with van der Waals surface area (Å²) in [5.74, 6) is 2.75. The summed E-state index contributed by atoms with van der Waals surface area (Å²) in [6.07, 6.45) is 1.48. The van der Waals surface area contributed by atoms with Gasteiger partial charge in [-0.15, -0.1) is 0 Å². The van der Waals surface area contributed by atoms with E-state index in [4.69, 9.17) is 10.5 Å². The van der Waals surface area contributed by atoms with Crippen LogP contribution in [0.5, 0.6) is 11.5 Å². The first-order valence-corrected chi connectivity index (χ1v) is 7.70. The zero-order valence-corrected chi connectivity index (χ0v) is 13.4. The monoisotopic (exact) mass is 321 g/mol. The van der Waals surface area contributed by atoms with Crippen LogP contribution in [-0.2, 0) is 0 Å². The van der Waals surface area contributed by atoms with Crippen molar-refractivity contribution in [3.05, 3.63) is 60.9 Å². The summed E-state index contributed by atoms with van der Waals surface area (Å²) in [5, 5.41) is 6.29. The van der Waals surface area contributed by atoms with E-state index in [9.17, 15) is 0 Å². The average molecular weight is 321 g/mol. The fourth-order valence-corrected chi connectivity index (χ4v) is 2.17. The molecule has 4 N–H and O–H groups in total. The van der Waals surface area contributed by atoms with Gasteiger partial charge in [0.05, 0.1) is 0 Å². The SMILES string of the molecule is CCNc1ncnc(Nc2ccc(Oc3ccccc3)cc2)c1N. The van der Waals surface area contributed by atoms with Crippen LogP contribution < -0.4 is 21.1 Å². The number of nitrogens with two attached hydrogens (primary N) is 1. The van der Waals surface area contributed by atoms with Crippen LogP contribution in [0.15, 0.2) is 60.9 Å². The van der Waals surface area contributed by atoms with E-state index in [0.29, 0.717) is 17.3 Å². The number of anilines is 4. The van der Waals surface area contributed by atoms with Crippen LogP contribution in [-0.4, -0.2) is 16.5 Å². The van der Waals surface area contributed by atoms with E-state index in [0.717, 1.165) is 23.7 Å². The Kier molecular flexibility index (Phi) is 4.76. The molecule has 0 aliphatic rings. The van der Waals surface area contributed by atoms with Gasteiger partial charge in [0.25, 0.3) is 0 Å². The summed E-state index contributed by atoms with van der Waals surface area (Å²) >= 11 is 0. The van der Waals surface area contributed by atoms with Crippen molar-refractivity contribution in [2.75, 3.05) is 22.9 Å². The topological polar surface area (TPSA) is 85.1 Å². The van der Waals surface area contributed by atoms with Gasteiger partial charge >= 0.3 is 0 Å². The maximum absolute atomic E-state index is 6.07. The summed E-state index contributed by atoms with van der Waals surface area (Å²) in [4.78, 5) is 8.31. The third-order valence-corrected chi connectivity index (χ3v) is 3.32. The van der Waals surface area contributed by atoms with E-state index in [1.807, 2.05) is 61.5 Å². The molecule has 2 aromatic carbocycles. The average Bonchev–Trinajstić information content (AvgIpc) is 2.61. The van der Waals surface area contributed by atoms with Crippen LogP contribution in [0.4, 0.5) is 23.0 Å². The lowest BCUT2D eigenvalue weighted by molar-refractivity contribution is 0.483. The van der Waals surface area contributed by atoms with Crippen molar-refractivity contribution in [3.63, 3.8) is 0 Å². The van der Waals surface area contributed by atoms with Gasteiger partial charge < -0.3 is 21.1 Å². The first kappa shape index (κ1) is 15.6. The molecule has 122 valence electrons. The number of hydrogen-bond acceptors (Lipinski definition) is 6. The Bertz CT molecular complexity index is 790. The first-order chi connectivity index (χ1) is 11.8. The van der Waals surface area contributed by atoms with E-state index in [1.165, 1.54) is 6.33 Å². The number of hydrogen-bond donors (Lipinski definition) is 3. The van der Waals surface area contributed by atoms with Crippen molar-refractivity contribution in [1.82, 2.24) is 9.97 Å². The molecule has 0 fully saturated rings. The lowest BCUT2D eigenvalue weighted by atomic mass is 10.3. The van der Waals surface area contributed by atoms with Crippen molar-refractivity contribution < 1.29 is 4.74 Å². The predicted molar refractivity (Wildman–Crippen MR) is 96.8 cm³/mol. The molecule has 6 heteroatoms. The number of ether oxygens (including phenoxy) is 1. The Balaban J connectivity index is 1.71. The minimum Gasteiger partial charge on any atom is -0.457 e. The molecule has 6 nitrogen and oxygen atoms in total. The highest BCUT2D eigenvalue weighted by atomic mass is 16.5. The fraction of sp³-hybridized carbons (Fsp3) is 0.111. The smallest absolute Gasteiger partial charge is 0.159 e. The van der Waals surface area contributed by atoms with E-state index >= 15 is 0 Å². The second kappa shape index (κ2) is 7.32. The minimum atomic E-state index is 0.490. The Morgan fingerprint density at radius 3 is 2.29 bits per heavy atom. The van der Waals surface area contributed by atoms with Crippen molar-refractivity contribution in [2.24, 2.45) is 0 Å². The Hall–Kier alpha value is -3.28. The van der Waals surface area contributed by atoms with Gasteiger partial charge in [-0.05, 0) is 43.3 Å². The highest BCUT2D eigenvalue weighted by molar-refractivity contribution is 5.77. The molecule has 1 aromatic heterocycles. The van der Waals surface area contributed by atoms with Gasteiger partial charge in [0.2, 0.25) is 0 Å². The highest BCUT2D eigenvalue weighted by Gasteiger charge is 2.07. The van der Waals surface area contributed by atoms with Crippen LogP contribution in [0.1, 0.15) is 6.92 Å². The number of benzene rings is 2. The molecule has 0 amide bonds. The third kappa shape index (κ3) is 3.73. The van der Waals surface area contributed by atoms with Crippen LogP contribution in [0.3, 0.4) is 0 Å². The zero-order valence-electron chi connectivity index (χ0n) is 13.4. The molecule has 3 aromatic rings. The third-order valence-electron chi connectivity index (χ3n) is 3.32. The molecule has 3 rings (SSSR count). The molecule has 0 aliphatic heterocycles. The van der Waals surface area contributed by atoms with Crippen molar-refractivity contribution >= 4 is 23.0 Å². The largest absolute Gasteiger partial charge is 0.457 e. The lowest BCUT2D eigenvalue weighted by Crippen LogP contribution is -2.07. The molecular formula is C18H19N5O. The van der Waals surface area contributed by atoms with Crippen molar-refractivity contribution in [3.8, 4) is 11.5 Å². The second-order valence-electron chi connectivity index (χ2n) is 5.08. The van der Waals surface area contributed by atoms with Gasteiger partial charge in [0, 0.05) is 12.2 Å². The van der Waals surface area contributed by atoms with Crippen LogP contribution >= 0.6 is 0 Å². The Labute approximate surface area is 140 Å². The summed E-state index contributed by atoms with van der Waals surface area (Å²) in [7, 11) is 0. The van der Waals surface area contributed by atoms with Gasteiger partial charge in [-0.1, -0.05) is 18.2 Å². The maximum atomic E-state index is 6.07. The summed E-state index contributed by atoms with van der Waals surface area (Å²) in [6.45, 7) is 2.73. The van der Waals surface area contributed by atoms with Gasteiger partial charge in [0.15, 0.2) is 11.6 Å². The van der Waals surface area contributed by atoms with Crippen molar-refractivity contribution in [2.45, 2.75) is 6.92 Å². The maximum Gasteiger partial charge on any atom is 0.159 e. The summed E-state index contributed by atoms with van der Waals surface area (Å²) in [6, 6.07) is 17.2. The standard InChI is InChI=1S/C18H19N5O/c1-2-20-17-16(19)18(22-12-21-17)23-13-8-10-15(11-9-13)24-14-6-4-3-5-7-14/h3-12H,2,19H2,1H3,(H2,20,21,22,23). The van der Waals surface area contributed by atoms with Gasteiger partial charge in [0.1, 0.15) is 23.5 Å². The zero-order chi connectivity index (χ0) is 16.8. The number of aromatic nitrogens is 2. The molecular weight excluding hydrogens is 302 g/mol. The molecule has 24 heavy (non-hydrogen) atoms. The fourth-order valence-electron chi connectivity index (χ4n) is 2.17. The van der Waals surface area contributed by atoms with Crippen LogP contribution in [0, 0.1) is 0 Å². The molecule has 0 bridgehead atoms. The first-order valence-electron chi connectivity index (χ1n) is 7.70. The number of rotatable bonds is 6. The molecule has 0 saturated carbocycles. The number of nitrogens with zero attached hydrogens (tertiary/aromatic N) is 2. The molecule has 1 heterocycles. The van der Waals surface area contributed by atoms with E-state index in [2.05, 4.69) is 20.6 Å². The van der Waals surface area contributed by atoms with E-state index in [1.54, 1.807) is 0 Å². The Morgan fingerprint density at radius 1 is 0.917 bits per heavy atom. The second-order valence-corrected chi connectivity index (χ2v) is 5.08. The molecule has 0 saturated heterocycles. The molecule has 0 unspecified atom stereocenters.